The van der Waals surface area contributed by atoms with Crippen LogP contribution in [0.1, 0.15) is 5.56 Å². The lowest BCUT2D eigenvalue weighted by Gasteiger charge is -2.13. The lowest BCUT2D eigenvalue weighted by molar-refractivity contribution is 0.415. The molecule has 0 bridgehead atoms. The van der Waals surface area contributed by atoms with Gasteiger partial charge in [-0.2, -0.15) is 0 Å². The van der Waals surface area contributed by atoms with Crippen molar-refractivity contribution in [2.24, 2.45) is 0 Å². The number of methoxy groups -OCH3 is 1. The standard InChI is InChI=1S/C16H15N3O4S/c1-10-7-11(19-24(20)21)9-18-16(10)23-15-5-6-17-14-8-12(22-2)3-4-13(14)15/h3-9,19H,1-2H3,(H,20,21)/p-1. The van der Waals surface area contributed by atoms with Gasteiger partial charge < -0.3 is 18.7 Å². The molecular weight excluding hydrogens is 330 g/mol. The van der Waals surface area contributed by atoms with Crippen LogP contribution in [0, 0.1) is 6.92 Å². The quantitative estimate of drug-likeness (QED) is 0.715. The fraction of sp³-hybridized carbons (Fsp3) is 0.125. The van der Waals surface area contributed by atoms with Crippen molar-refractivity contribution in [1.82, 2.24) is 9.97 Å². The van der Waals surface area contributed by atoms with E-state index < -0.39 is 11.3 Å². The summed E-state index contributed by atoms with van der Waals surface area (Å²) < 4.78 is 34.7. The van der Waals surface area contributed by atoms with Gasteiger partial charge in [-0.15, -0.1) is 0 Å². The van der Waals surface area contributed by atoms with Crippen LogP contribution in [-0.2, 0) is 11.3 Å². The molecule has 8 heteroatoms. The van der Waals surface area contributed by atoms with E-state index in [1.165, 1.54) is 6.20 Å². The van der Waals surface area contributed by atoms with E-state index in [0.29, 0.717) is 28.6 Å². The predicted octanol–water partition coefficient (Wildman–Crippen LogP) is 2.95. The number of anilines is 1. The number of fused-ring (bicyclic) bond motifs is 1. The first-order chi connectivity index (χ1) is 11.6. The zero-order chi connectivity index (χ0) is 17.1. The van der Waals surface area contributed by atoms with Crippen LogP contribution < -0.4 is 14.2 Å². The van der Waals surface area contributed by atoms with E-state index in [1.54, 1.807) is 32.4 Å². The summed E-state index contributed by atoms with van der Waals surface area (Å²) in [5, 5.41) is 0.822. The fourth-order valence-electron chi connectivity index (χ4n) is 2.24. The van der Waals surface area contributed by atoms with E-state index in [4.69, 9.17) is 9.47 Å². The van der Waals surface area contributed by atoms with E-state index in [1.807, 2.05) is 18.2 Å². The normalized spacial score (nSPS) is 12.0. The van der Waals surface area contributed by atoms with Gasteiger partial charge in [0.25, 0.3) is 0 Å². The second-order valence-electron chi connectivity index (χ2n) is 4.98. The molecule has 1 aromatic carbocycles. The molecule has 1 unspecified atom stereocenters. The molecular formula is C16H14N3O4S-. The molecule has 124 valence electrons. The Morgan fingerprint density at radius 3 is 2.75 bits per heavy atom. The second-order valence-corrected chi connectivity index (χ2v) is 5.65. The van der Waals surface area contributed by atoms with Crippen molar-refractivity contribution >= 4 is 27.9 Å². The maximum Gasteiger partial charge on any atom is 0.222 e. The highest BCUT2D eigenvalue weighted by atomic mass is 32.2. The van der Waals surface area contributed by atoms with Gasteiger partial charge in [-0.1, -0.05) is 0 Å². The molecule has 24 heavy (non-hydrogen) atoms. The molecule has 0 radical (unpaired) electrons. The predicted molar refractivity (Wildman–Crippen MR) is 89.9 cm³/mol. The Morgan fingerprint density at radius 2 is 2.04 bits per heavy atom. The van der Waals surface area contributed by atoms with Gasteiger partial charge in [0.05, 0.1) is 24.5 Å². The van der Waals surface area contributed by atoms with Crippen LogP contribution in [0.5, 0.6) is 17.4 Å². The van der Waals surface area contributed by atoms with Crippen molar-refractivity contribution in [2.45, 2.75) is 6.92 Å². The average Bonchev–Trinajstić information content (AvgIpc) is 2.56. The summed E-state index contributed by atoms with van der Waals surface area (Å²) in [7, 11) is 1.60. The van der Waals surface area contributed by atoms with Gasteiger partial charge >= 0.3 is 0 Å². The zero-order valence-corrected chi connectivity index (χ0v) is 13.8. The minimum atomic E-state index is -2.39. The van der Waals surface area contributed by atoms with E-state index in [2.05, 4.69) is 14.7 Å². The summed E-state index contributed by atoms with van der Waals surface area (Å²) in [6.45, 7) is 1.79. The largest absolute Gasteiger partial charge is 0.755 e. The van der Waals surface area contributed by atoms with Crippen LogP contribution in [0.25, 0.3) is 10.9 Å². The summed E-state index contributed by atoms with van der Waals surface area (Å²) in [4.78, 5) is 8.47. The SMILES string of the molecule is COc1ccc2c(Oc3ncc(NS(=O)[O-])cc3C)ccnc2c1. The molecule has 1 atom stereocenters. The Bertz CT molecular complexity index is 917. The Balaban J connectivity index is 1.93. The highest BCUT2D eigenvalue weighted by molar-refractivity contribution is 7.80. The minimum Gasteiger partial charge on any atom is -0.755 e. The molecule has 2 aromatic heterocycles. The second kappa shape index (κ2) is 6.81. The van der Waals surface area contributed by atoms with Crippen LogP contribution in [0.4, 0.5) is 5.69 Å². The Hall–Kier alpha value is -2.71. The van der Waals surface area contributed by atoms with Crippen molar-refractivity contribution in [1.29, 1.82) is 0 Å². The van der Waals surface area contributed by atoms with Crippen LogP contribution in [-0.4, -0.2) is 25.8 Å². The third-order valence-electron chi connectivity index (χ3n) is 3.35. The number of nitrogens with zero attached hydrogens (tertiary/aromatic N) is 2. The molecule has 0 amide bonds. The monoisotopic (exact) mass is 344 g/mol. The van der Waals surface area contributed by atoms with Crippen LogP contribution in [0.3, 0.4) is 0 Å². The van der Waals surface area contributed by atoms with E-state index in [9.17, 15) is 8.76 Å². The summed E-state index contributed by atoms with van der Waals surface area (Å²) >= 11 is -2.39. The highest BCUT2D eigenvalue weighted by Gasteiger charge is 2.09. The molecule has 7 nitrogen and oxygen atoms in total. The number of benzene rings is 1. The van der Waals surface area contributed by atoms with Crippen molar-refractivity contribution in [3.05, 3.63) is 48.3 Å². The number of hydrogen-bond donors (Lipinski definition) is 1. The first-order valence-electron chi connectivity index (χ1n) is 7.00. The van der Waals surface area contributed by atoms with Crippen molar-refractivity contribution in [2.75, 3.05) is 11.8 Å². The molecule has 0 spiro atoms. The molecule has 0 aliphatic carbocycles. The summed E-state index contributed by atoms with van der Waals surface area (Å²) in [5.41, 5.74) is 1.81. The van der Waals surface area contributed by atoms with Crippen LogP contribution in [0.2, 0.25) is 0 Å². The molecule has 0 fully saturated rings. The van der Waals surface area contributed by atoms with Crippen molar-refractivity contribution < 1.29 is 18.2 Å². The topological polar surface area (TPSA) is 96.4 Å². The first kappa shape index (κ1) is 16.2. The Labute approximate surface area is 141 Å². The molecule has 3 rings (SSSR count). The summed E-state index contributed by atoms with van der Waals surface area (Å²) in [6, 6.07) is 8.90. The molecule has 1 N–H and O–H groups in total. The van der Waals surface area contributed by atoms with Crippen molar-refractivity contribution in [3.8, 4) is 17.4 Å². The number of nitrogens with one attached hydrogen (secondary N) is 1. The summed E-state index contributed by atoms with van der Waals surface area (Å²) in [5.74, 6) is 1.70. The van der Waals surface area contributed by atoms with E-state index >= 15 is 0 Å². The van der Waals surface area contributed by atoms with E-state index in [0.717, 1.165) is 10.9 Å². The van der Waals surface area contributed by atoms with Gasteiger partial charge in [0, 0.05) is 34.5 Å². The number of ether oxygens (including phenoxy) is 2. The average molecular weight is 344 g/mol. The smallest absolute Gasteiger partial charge is 0.222 e. The Morgan fingerprint density at radius 1 is 1.21 bits per heavy atom. The molecule has 2 heterocycles. The number of hydrogen-bond acceptors (Lipinski definition) is 6. The zero-order valence-electron chi connectivity index (χ0n) is 13.0. The number of aryl methyl sites for hydroxylation is 1. The number of rotatable bonds is 5. The van der Waals surface area contributed by atoms with Gasteiger partial charge in [-0.05, 0) is 31.2 Å². The maximum absolute atomic E-state index is 10.7. The van der Waals surface area contributed by atoms with Crippen molar-refractivity contribution in [3.63, 3.8) is 0 Å². The summed E-state index contributed by atoms with van der Waals surface area (Å²) in [6.07, 6.45) is 3.04. The molecule has 0 saturated carbocycles. The molecule has 3 aromatic rings. The van der Waals surface area contributed by atoms with Gasteiger partial charge in [-0.25, -0.2) is 4.98 Å². The number of aromatic nitrogens is 2. The van der Waals surface area contributed by atoms with E-state index in [-0.39, 0.29) is 0 Å². The molecule has 0 aliphatic heterocycles. The number of pyridine rings is 2. The minimum absolute atomic E-state index is 0.373. The fourth-order valence-corrected chi connectivity index (χ4v) is 2.55. The molecule has 0 saturated heterocycles. The lowest BCUT2D eigenvalue weighted by atomic mass is 10.2. The third kappa shape index (κ3) is 3.44. The highest BCUT2D eigenvalue weighted by Crippen LogP contribution is 2.31. The van der Waals surface area contributed by atoms with Gasteiger partial charge in [0.1, 0.15) is 11.5 Å². The van der Waals surface area contributed by atoms with Crippen LogP contribution in [0.15, 0.2) is 42.7 Å². The first-order valence-corrected chi connectivity index (χ1v) is 8.07. The third-order valence-corrected chi connectivity index (χ3v) is 3.75. The molecule has 0 aliphatic rings. The maximum atomic E-state index is 10.7. The van der Waals surface area contributed by atoms with Crippen LogP contribution >= 0.6 is 0 Å². The van der Waals surface area contributed by atoms with Gasteiger partial charge in [-0.3, -0.25) is 9.19 Å². The lowest BCUT2D eigenvalue weighted by Crippen LogP contribution is -2.03. The van der Waals surface area contributed by atoms with Gasteiger partial charge in [0.15, 0.2) is 0 Å². The van der Waals surface area contributed by atoms with Gasteiger partial charge in [0.2, 0.25) is 5.88 Å². The Kier molecular flexibility index (Phi) is 4.59.